The number of hydrogen-bond donors (Lipinski definition) is 1. The molecular weight excluding hydrogens is 239 g/mol. The van der Waals surface area contributed by atoms with Gasteiger partial charge < -0.3 is 5.32 Å². The van der Waals surface area contributed by atoms with Crippen LogP contribution in [0.5, 0.6) is 0 Å². The zero-order chi connectivity index (χ0) is 13.7. The van der Waals surface area contributed by atoms with Gasteiger partial charge in [-0.3, -0.25) is 4.98 Å². The summed E-state index contributed by atoms with van der Waals surface area (Å²) < 4.78 is 14.0. The number of nitrogens with zero attached hydrogens (tertiary/aromatic N) is 1. The summed E-state index contributed by atoms with van der Waals surface area (Å²) >= 11 is 0. The second kappa shape index (κ2) is 6.43. The predicted octanol–water partition coefficient (Wildman–Crippen LogP) is 3.31. The van der Waals surface area contributed by atoms with Gasteiger partial charge in [-0.2, -0.15) is 0 Å². The van der Waals surface area contributed by atoms with Crippen LogP contribution >= 0.6 is 0 Å². The molecule has 0 saturated carbocycles. The van der Waals surface area contributed by atoms with Crippen LogP contribution < -0.4 is 5.32 Å². The van der Waals surface area contributed by atoms with Gasteiger partial charge in [0.1, 0.15) is 5.82 Å². The molecule has 2 aromatic rings. The van der Waals surface area contributed by atoms with Gasteiger partial charge in [0, 0.05) is 30.9 Å². The smallest absolute Gasteiger partial charge is 0.127 e. The van der Waals surface area contributed by atoms with Gasteiger partial charge in [0.15, 0.2) is 0 Å². The second-order valence-electron chi connectivity index (χ2n) is 4.96. The highest BCUT2D eigenvalue weighted by Gasteiger charge is 2.05. The zero-order valence-corrected chi connectivity index (χ0v) is 11.4. The second-order valence-corrected chi connectivity index (χ2v) is 4.96. The number of pyridine rings is 1. The minimum Gasteiger partial charge on any atom is -0.310 e. The molecule has 0 amide bonds. The van der Waals surface area contributed by atoms with Crippen LogP contribution in [0.3, 0.4) is 0 Å². The molecule has 100 valence electrons. The lowest BCUT2D eigenvalue weighted by molar-refractivity contribution is 0.578. The molecule has 0 aliphatic rings. The molecule has 1 heterocycles. The van der Waals surface area contributed by atoms with E-state index in [1.807, 2.05) is 30.3 Å². The van der Waals surface area contributed by atoms with Crippen molar-refractivity contribution in [1.82, 2.24) is 10.3 Å². The summed E-state index contributed by atoms with van der Waals surface area (Å²) in [5.41, 5.74) is 2.54. The highest BCUT2D eigenvalue weighted by molar-refractivity contribution is 5.27. The van der Waals surface area contributed by atoms with Crippen molar-refractivity contribution in [3.63, 3.8) is 0 Å². The summed E-state index contributed by atoms with van der Waals surface area (Å²) in [6.07, 6.45) is 2.26. The summed E-state index contributed by atoms with van der Waals surface area (Å²) in [7, 11) is 0. The molecule has 0 atom stereocenters. The number of halogens is 1. The number of hydrogen-bond acceptors (Lipinski definition) is 2. The maximum atomic E-state index is 14.0. The van der Waals surface area contributed by atoms with Crippen LogP contribution in [0.2, 0.25) is 0 Å². The highest BCUT2D eigenvalue weighted by Crippen LogP contribution is 2.14. The van der Waals surface area contributed by atoms with Crippen molar-refractivity contribution in [2.75, 3.05) is 0 Å². The van der Waals surface area contributed by atoms with Crippen LogP contribution in [-0.4, -0.2) is 11.0 Å². The molecule has 0 saturated heterocycles. The van der Waals surface area contributed by atoms with Crippen LogP contribution in [0.15, 0.2) is 42.6 Å². The van der Waals surface area contributed by atoms with Crippen LogP contribution in [0.4, 0.5) is 4.39 Å². The fraction of sp³-hybridized carbons (Fsp3) is 0.312. The van der Waals surface area contributed by atoms with Crippen molar-refractivity contribution >= 4 is 0 Å². The minimum absolute atomic E-state index is 0.159. The van der Waals surface area contributed by atoms with E-state index in [0.29, 0.717) is 24.6 Å². The van der Waals surface area contributed by atoms with Crippen LogP contribution in [0.25, 0.3) is 0 Å². The predicted molar refractivity (Wildman–Crippen MR) is 75.4 cm³/mol. The molecular formula is C16H19FN2. The van der Waals surface area contributed by atoms with Crippen molar-refractivity contribution in [2.45, 2.75) is 32.9 Å². The maximum absolute atomic E-state index is 14.0. The third-order valence-electron chi connectivity index (χ3n) is 2.93. The Labute approximate surface area is 113 Å². The topological polar surface area (TPSA) is 24.9 Å². The molecule has 1 N–H and O–H groups in total. The molecule has 0 bridgehead atoms. The van der Waals surface area contributed by atoms with Crippen molar-refractivity contribution in [3.05, 3.63) is 65.2 Å². The normalized spacial score (nSPS) is 10.9. The lowest BCUT2D eigenvalue weighted by Crippen LogP contribution is -2.21. The Morgan fingerprint density at radius 1 is 1.21 bits per heavy atom. The molecule has 0 spiro atoms. The molecule has 0 fully saturated rings. The molecule has 0 unspecified atom stereocenters. The molecule has 0 aliphatic heterocycles. The van der Waals surface area contributed by atoms with Gasteiger partial charge in [0.2, 0.25) is 0 Å². The lowest BCUT2D eigenvalue weighted by atomic mass is 10.1. The molecule has 19 heavy (non-hydrogen) atoms. The Hall–Kier alpha value is -1.74. The molecule has 2 rings (SSSR count). The maximum Gasteiger partial charge on any atom is 0.127 e. The zero-order valence-electron chi connectivity index (χ0n) is 11.4. The summed E-state index contributed by atoms with van der Waals surface area (Å²) in [4.78, 5) is 4.22. The number of benzene rings is 1. The van der Waals surface area contributed by atoms with Gasteiger partial charge in [-0.05, 0) is 29.3 Å². The van der Waals surface area contributed by atoms with E-state index in [1.54, 1.807) is 12.3 Å². The Kier molecular flexibility index (Phi) is 4.63. The fourth-order valence-corrected chi connectivity index (χ4v) is 1.86. The van der Waals surface area contributed by atoms with Gasteiger partial charge in [-0.15, -0.1) is 0 Å². The van der Waals surface area contributed by atoms with Crippen molar-refractivity contribution in [3.8, 4) is 0 Å². The third-order valence-corrected chi connectivity index (χ3v) is 2.93. The van der Waals surface area contributed by atoms with Crippen LogP contribution in [0, 0.1) is 5.82 Å². The van der Waals surface area contributed by atoms with Crippen LogP contribution in [0.1, 0.15) is 30.7 Å². The average Bonchev–Trinajstić information content (AvgIpc) is 2.40. The lowest BCUT2D eigenvalue weighted by Gasteiger charge is -2.09. The summed E-state index contributed by atoms with van der Waals surface area (Å²) in [6.45, 7) is 4.84. The van der Waals surface area contributed by atoms with Gasteiger partial charge in [-0.25, -0.2) is 4.39 Å². The average molecular weight is 258 g/mol. The first-order valence-electron chi connectivity index (χ1n) is 6.56. The molecule has 0 aliphatic carbocycles. The number of nitrogens with one attached hydrogen (secondary N) is 1. The van der Waals surface area contributed by atoms with E-state index < -0.39 is 0 Å². The minimum atomic E-state index is -0.159. The molecule has 0 radical (unpaired) electrons. The fourth-order valence-electron chi connectivity index (χ4n) is 1.86. The summed E-state index contributed by atoms with van der Waals surface area (Å²) in [5, 5.41) is 3.28. The Bertz CT molecular complexity index is 524. The first-order valence-corrected chi connectivity index (χ1v) is 6.56. The monoisotopic (exact) mass is 258 g/mol. The Morgan fingerprint density at radius 2 is 2.05 bits per heavy atom. The van der Waals surface area contributed by atoms with Gasteiger partial charge in [0.25, 0.3) is 0 Å². The van der Waals surface area contributed by atoms with E-state index in [1.165, 1.54) is 0 Å². The SMILES string of the molecule is CC(C)NCc1ccc(Cc2ccccn2)c(F)c1. The molecule has 3 heteroatoms. The van der Waals surface area contributed by atoms with Gasteiger partial charge in [0.05, 0.1) is 0 Å². The van der Waals surface area contributed by atoms with E-state index in [9.17, 15) is 4.39 Å². The largest absolute Gasteiger partial charge is 0.310 e. The summed E-state index contributed by atoms with van der Waals surface area (Å²) in [6, 6.07) is 11.5. The number of aromatic nitrogens is 1. The van der Waals surface area contributed by atoms with Crippen LogP contribution in [-0.2, 0) is 13.0 Å². The Balaban J connectivity index is 2.07. The first kappa shape index (κ1) is 13.7. The van der Waals surface area contributed by atoms with E-state index >= 15 is 0 Å². The van der Waals surface area contributed by atoms with E-state index in [0.717, 1.165) is 11.3 Å². The quantitative estimate of drug-likeness (QED) is 0.890. The third kappa shape index (κ3) is 4.14. The van der Waals surface area contributed by atoms with Gasteiger partial charge >= 0.3 is 0 Å². The van der Waals surface area contributed by atoms with Crippen molar-refractivity contribution in [1.29, 1.82) is 0 Å². The van der Waals surface area contributed by atoms with E-state index in [2.05, 4.69) is 24.1 Å². The van der Waals surface area contributed by atoms with Crippen molar-refractivity contribution in [2.24, 2.45) is 0 Å². The standard InChI is InChI=1S/C16H19FN2/c1-12(2)19-11-13-6-7-14(16(17)9-13)10-15-5-3-4-8-18-15/h3-9,12,19H,10-11H2,1-2H3. The van der Waals surface area contributed by atoms with Crippen molar-refractivity contribution < 1.29 is 4.39 Å². The summed E-state index contributed by atoms with van der Waals surface area (Å²) in [5.74, 6) is -0.159. The van der Waals surface area contributed by atoms with Gasteiger partial charge in [-0.1, -0.05) is 32.0 Å². The first-order chi connectivity index (χ1) is 9.15. The Morgan fingerprint density at radius 3 is 2.68 bits per heavy atom. The molecule has 1 aromatic heterocycles. The highest BCUT2D eigenvalue weighted by atomic mass is 19.1. The van der Waals surface area contributed by atoms with E-state index in [4.69, 9.17) is 0 Å². The molecule has 2 nitrogen and oxygen atoms in total. The van der Waals surface area contributed by atoms with E-state index in [-0.39, 0.29) is 5.82 Å². The number of rotatable bonds is 5. The molecule has 1 aromatic carbocycles.